The second kappa shape index (κ2) is 6.22. The van der Waals surface area contributed by atoms with Gasteiger partial charge < -0.3 is 9.73 Å². The monoisotopic (exact) mass is 192 g/mol. The van der Waals surface area contributed by atoms with Crippen LogP contribution in [0.4, 0.5) is 0 Å². The number of hydrogen-bond donors (Lipinski definition) is 1. The molecule has 0 amide bonds. The fourth-order valence-electron chi connectivity index (χ4n) is 1.29. The maximum Gasteiger partial charge on any atom is 0.120 e. The number of nitrogens with zero attached hydrogens (tertiary/aromatic N) is 1. The number of unbranched alkanes of at least 4 members (excludes halogenated alkanes) is 2. The highest BCUT2D eigenvalue weighted by Crippen LogP contribution is 2.11. The maximum absolute atomic E-state index is 8.34. The van der Waals surface area contributed by atoms with Gasteiger partial charge in [-0.05, 0) is 38.4 Å². The molecule has 0 aliphatic carbocycles. The van der Waals surface area contributed by atoms with Crippen molar-refractivity contribution in [2.75, 3.05) is 6.54 Å². The Hall–Kier alpha value is -1.27. The second-order valence-electron chi connectivity index (χ2n) is 3.31. The molecule has 0 unspecified atom stereocenters. The summed E-state index contributed by atoms with van der Waals surface area (Å²) >= 11 is 0. The topological polar surface area (TPSA) is 49.0 Å². The van der Waals surface area contributed by atoms with Gasteiger partial charge in [-0.1, -0.05) is 0 Å². The van der Waals surface area contributed by atoms with Crippen molar-refractivity contribution in [2.24, 2.45) is 0 Å². The van der Waals surface area contributed by atoms with E-state index in [9.17, 15) is 0 Å². The first-order valence-electron chi connectivity index (χ1n) is 4.98. The highest BCUT2D eigenvalue weighted by molar-refractivity contribution is 5.02. The number of nitriles is 1. The normalized spacial score (nSPS) is 12.3. The molecular formula is C11H16N2O. The number of hydrogen-bond acceptors (Lipinski definition) is 3. The summed E-state index contributed by atoms with van der Waals surface area (Å²) in [7, 11) is 0. The number of furan rings is 1. The summed E-state index contributed by atoms with van der Waals surface area (Å²) in [5.41, 5.74) is 0. The maximum atomic E-state index is 8.34. The van der Waals surface area contributed by atoms with E-state index in [4.69, 9.17) is 9.68 Å². The van der Waals surface area contributed by atoms with E-state index in [1.54, 1.807) is 6.26 Å². The Labute approximate surface area is 84.7 Å². The Morgan fingerprint density at radius 2 is 2.43 bits per heavy atom. The summed E-state index contributed by atoms with van der Waals surface area (Å²) in [5, 5.41) is 11.7. The average Bonchev–Trinajstić information content (AvgIpc) is 2.70. The van der Waals surface area contributed by atoms with Crippen LogP contribution < -0.4 is 5.32 Å². The van der Waals surface area contributed by atoms with Crippen molar-refractivity contribution < 1.29 is 4.42 Å². The van der Waals surface area contributed by atoms with Crippen LogP contribution in [-0.2, 0) is 0 Å². The highest BCUT2D eigenvalue weighted by Gasteiger charge is 2.05. The summed E-state index contributed by atoms with van der Waals surface area (Å²) in [6, 6.07) is 6.25. The predicted octanol–water partition coefficient (Wildman–Crippen LogP) is 2.62. The van der Waals surface area contributed by atoms with Crippen LogP contribution in [0.2, 0.25) is 0 Å². The largest absolute Gasteiger partial charge is 0.468 e. The molecule has 3 heteroatoms. The Bertz CT molecular complexity index is 274. The Morgan fingerprint density at radius 3 is 3.07 bits per heavy atom. The number of rotatable bonds is 6. The third-order valence-corrected chi connectivity index (χ3v) is 2.14. The lowest BCUT2D eigenvalue weighted by molar-refractivity contribution is 0.427. The van der Waals surface area contributed by atoms with Gasteiger partial charge in [-0.25, -0.2) is 0 Å². The molecule has 76 valence electrons. The minimum Gasteiger partial charge on any atom is -0.468 e. The van der Waals surface area contributed by atoms with Gasteiger partial charge in [0.2, 0.25) is 0 Å². The molecule has 1 atom stereocenters. The molecule has 1 N–H and O–H groups in total. The van der Waals surface area contributed by atoms with Gasteiger partial charge in [0.1, 0.15) is 5.76 Å². The first-order valence-corrected chi connectivity index (χ1v) is 4.98. The molecule has 0 aliphatic rings. The van der Waals surface area contributed by atoms with Crippen LogP contribution in [0.3, 0.4) is 0 Å². The van der Waals surface area contributed by atoms with Gasteiger partial charge in [-0.15, -0.1) is 0 Å². The smallest absolute Gasteiger partial charge is 0.120 e. The van der Waals surface area contributed by atoms with Crippen molar-refractivity contribution in [1.29, 1.82) is 5.26 Å². The van der Waals surface area contributed by atoms with Gasteiger partial charge in [-0.3, -0.25) is 0 Å². The molecular weight excluding hydrogens is 176 g/mol. The van der Waals surface area contributed by atoms with Crippen LogP contribution in [0.1, 0.15) is 38.0 Å². The third-order valence-electron chi connectivity index (χ3n) is 2.14. The minimum absolute atomic E-state index is 0.257. The van der Waals surface area contributed by atoms with Gasteiger partial charge in [-0.2, -0.15) is 5.26 Å². The van der Waals surface area contributed by atoms with Gasteiger partial charge in [0.25, 0.3) is 0 Å². The Balaban J connectivity index is 2.10. The molecule has 0 fully saturated rings. The molecule has 0 radical (unpaired) electrons. The summed E-state index contributed by atoms with van der Waals surface area (Å²) in [6.45, 7) is 3.01. The van der Waals surface area contributed by atoms with Crippen molar-refractivity contribution in [2.45, 2.75) is 32.2 Å². The molecule has 0 bridgehead atoms. The van der Waals surface area contributed by atoms with E-state index in [0.717, 1.165) is 25.1 Å². The van der Waals surface area contributed by atoms with Crippen molar-refractivity contribution in [3.63, 3.8) is 0 Å². The van der Waals surface area contributed by atoms with E-state index in [-0.39, 0.29) is 6.04 Å². The van der Waals surface area contributed by atoms with Crippen LogP contribution in [0, 0.1) is 11.3 Å². The number of nitrogens with one attached hydrogen (secondary N) is 1. The molecule has 0 saturated heterocycles. The zero-order valence-electron chi connectivity index (χ0n) is 8.49. The van der Waals surface area contributed by atoms with Crippen LogP contribution in [0.15, 0.2) is 22.8 Å². The van der Waals surface area contributed by atoms with Crippen molar-refractivity contribution in [3.05, 3.63) is 24.2 Å². The standard InChI is InChI=1S/C11H16N2O/c1-10(11-6-5-9-14-11)13-8-4-2-3-7-12/h5-6,9-10,13H,2-4,8H2,1H3/t10-/m1/s1. The predicted molar refractivity (Wildman–Crippen MR) is 54.6 cm³/mol. The molecule has 1 aromatic heterocycles. The summed E-state index contributed by atoms with van der Waals surface area (Å²) in [4.78, 5) is 0. The first kappa shape index (κ1) is 10.8. The van der Waals surface area contributed by atoms with Crippen LogP contribution in [0.5, 0.6) is 0 Å². The fraction of sp³-hybridized carbons (Fsp3) is 0.545. The van der Waals surface area contributed by atoms with Crippen molar-refractivity contribution in [1.82, 2.24) is 5.32 Å². The SMILES string of the molecule is C[C@@H](NCCCCC#N)c1ccco1. The highest BCUT2D eigenvalue weighted by atomic mass is 16.3. The van der Waals surface area contributed by atoms with Crippen molar-refractivity contribution in [3.8, 4) is 6.07 Å². The molecule has 1 aromatic rings. The van der Waals surface area contributed by atoms with E-state index >= 15 is 0 Å². The molecule has 0 saturated carbocycles. The molecule has 0 aliphatic heterocycles. The lowest BCUT2D eigenvalue weighted by Gasteiger charge is -2.10. The molecule has 1 heterocycles. The summed E-state index contributed by atoms with van der Waals surface area (Å²) < 4.78 is 5.26. The first-order chi connectivity index (χ1) is 6.84. The summed E-state index contributed by atoms with van der Waals surface area (Å²) in [5.74, 6) is 0.963. The molecule has 3 nitrogen and oxygen atoms in total. The Morgan fingerprint density at radius 1 is 1.57 bits per heavy atom. The zero-order valence-corrected chi connectivity index (χ0v) is 8.49. The van der Waals surface area contributed by atoms with Gasteiger partial charge in [0.05, 0.1) is 18.4 Å². The molecule has 0 aromatic carbocycles. The van der Waals surface area contributed by atoms with E-state index < -0.39 is 0 Å². The van der Waals surface area contributed by atoms with E-state index in [0.29, 0.717) is 6.42 Å². The second-order valence-corrected chi connectivity index (χ2v) is 3.31. The molecule has 14 heavy (non-hydrogen) atoms. The van der Waals surface area contributed by atoms with Gasteiger partial charge in [0, 0.05) is 6.42 Å². The third kappa shape index (κ3) is 3.63. The average molecular weight is 192 g/mol. The minimum atomic E-state index is 0.257. The van der Waals surface area contributed by atoms with E-state index in [1.807, 2.05) is 12.1 Å². The van der Waals surface area contributed by atoms with Crippen LogP contribution in [0.25, 0.3) is 0 Å². The van der Waals surface area contributed by atoms with E-state index in [2.05, 4.69) is 18.3 Å². The van der Waals surface area contributed by atoms with Gasteiger partial charge >= 0.3 is 0 Å². The molecule has 0 spiro atoms. The van der Waals surface area contributed by atoms with Crippen LogP contribution >= 0.6 is 0 Å². The summed E-state index contributed by atoms with van der Waals surface area (Å²) in [6.07, 6.45) is 4.34. The van der Waals surface area contributed by atoms with Crippen molar-refractivity contribution >= 4 is 0 Å². The van der Waals surface area contributed by atoms with E-state index in [1.165, 1.54) is 0 Å². The fourth-order valence-corrected chi connectivity index (χ4v) is 1.29. The van der Waals surface area contributed by atoms with Crippen LogP contribution in [-0.4, -0.2) is 6.54 Å². The molecule has 1 rings (SSSR count). The zero-order chi connectivity index (χ0) is 10.2. The quantitative estimate of drug-likeness (QED) is 0.705. The lowest BCUT2D eigenvalue weighted by Crippen LogP contribution is -2.19. The Kier molecular flexibility index (Phi) is 4.81. The van der Waals surface area contributed by atoms with Gasteiger partial charge in [0.15, 0.2) is 0 Å². The lowest BCUT2D eigenvalue weighted by atomic mass is 10.2.